The third-order valence-corrected chi connectivity index (χ3v) is 6.47. The summed E-state index contributed by atoms with van der Waals surface area (Å²) in [5.41, 5.74) is 0.912. The summed E-state index contributed by atoms with van der Waals surface area (Å²) in [4.78, 5) is 17.9. The second-order valence-corrected chi connectivity index (χ2v) is 8.36. The van der Waals surface area contributed by atoms with E-state index in [1.165, 1.54) is 32.4 Å². The Kier molecular flexibility index (Phi) is 7.08. The summed E-state index contributed by atoms with van der Waals surface area (Å²) in [6.45, 7) is 0.0795. The van der Waals surface area contributed by atoms with Crippen LogP contribution in [-0.4, -0.2) is 39.3 Å². The zero-order valence-corrected chi connectivity index (χ0v) is 16.8. The number of sulfonamides is 1. The standard InChI is InChI=1S/C17H18ClNO5S2/c1-19(23-2)26(21,22)16-10-13(6-9-15(16)18)17(20)24-11-12-4-7-14(25-3)8-5-12/h4-10H,11H2,1-3H3. The van der Waals surface area contributed by atoms with E-state index in [9.17, 15) is 13.2 Å². The number of nitrogens with zero attached hydrogens (tertiary/aromatic N) is 1. The second-order valence-electron chi connectivity index (χ2n) is 5.17. The highest BCUT2D eigenvalue weighted by molar-refractivity contribution is 7.98. The molecule has 2 aromatic carbocycles. The third kappa shape index (κ3) is 4.77. The van der Waals surface area contributed by atoms with E-state index in [2.05, 4.69) is 0 Å². The van der Waals surface area contributed by atoms with Gasteiger partial charge in [-0.25, -0.2) is 13.2 Å². The van der Waals surface area contributed by atoms with Gasteiger partial charge >= 0.3 is 5.97 Å². The van der Waals surface area contributed by atoms with Crippen LogP contribution in [0, 0.1) is 0 Å². The average molecular weight is 416 g/mol. The zero-order chi connectivity index (χ0) is 19.3. The summed E-state index contributed by atoms with van der Waals surface area (Å²) in [7, 11) is -1.54. The number of halogens is 1. The molecule has 9 heteroatoms. The van der Waals surface area contributed by atoms with Crippen molar-refractivity contribution in [3.8, 4) is 0 Å². The molecule has 0 amide bonds. The van der Waals surface area contributed by atoms with Crippen LogP contribution < -0.4 is 0 Å². The lowest BCUT2D eigenvalue weighted by Gasteiger charge is -2.15. The van der Waals surface area contributed by atoms with Gasteiger partial charge in [-0.05, 0) is 42.2 Å². The quantitative estimate of drug-likeness (QED) is 0.391. The van der Waals surface area contributed by atoms with E-state index in [4.69, 9.17) is 21.2 Å². The van der Waals surface area contributed by atoms with Crippen molar-refractivity contribution in [2.45, 2.75) is 16.4 Å². The summed E-state index contributed by atoms with van der Waals surface area (Å²) >= 11 is 7.59. The molecule has 0 aromatic heterocycles. The molecule has 0 atom stereocenters. The highest BCUT2D eigenvalue weighted by Gasteiger charge is 2.25. The molecule has 6 nitrogen and oxygen atoms in total. The lowest BCUT2D eigenvalue weighted by atomic mass is 10.2. The van der Waals surface area contributed by atoms with Crippen LogP contribution in [-0.2, 0) is 26.2 Å². The minimum absolute atomic E-state index is 0.0156. The molecule has 0 saturated heterocycles. The molecule has 0 bridgehead atoms. The normalized spacial score (nSPS) is 11.6. The summed E-state index contributed by atoms with van der Waals surface area (Å²) < 4.78 is 30.6. The van der Waals surface area contributed by atoms with Gasteiger partial charge in [0.05, 0.1) is 17.7 Å². The summed E-state index contributed by atoms with van der Waals surface area (Å²) in [6.07, 6.45) is 1.97. The Bertz CT molecular complexity index is 885. The van der Waals surface area contributed by atoms with E-state index >= 15 is 0 Å². The Labute approximate surface area is 162 Å². The summed E-state index contributed by atoms with van der Waals surface area (Å²) in [5.74, 6) is -0.646. The Balaban J connectivity index is 2.17. The molecule has 0 N–H and O–H groups in total. The number of thioether (sulfide) groups is 1. The van der Waals surface area contributed by atoms with Crippen molar-refractivity contribution in [1.82, 2.24) is 4.47 Å². The van der Waals surface area contributed by atoms with Gasteiger partial charge in [-0.3, -0.25) is 4.84 Å². The van der Waals surface area contributed by atoms with Gasteiger partial charge in [0, 0.05) is 11.9 Å². The Morgan fingerprint density at radius 3 is 2.42 bits per heavy atom. The topological polar surface area (TPSA) is 72.9 Å². The number of carbonyl (C=O) groups excluding carboxylic acids is 1. The van der Waals surface area contributed by atoms with Gasteiger partial charge in [-0.1, -0.05) is 28.2 Å². The lowest BCUT2D eigenvalue weighted by molar-refractivity contribution is -0.0258. The minimum atomic E-state index is -3.98. The molecular weight excluding hydrogens is 398 g/mol. The van der Waals surface area contributed by atoms with Gasteiger partial charge in [0.1, 0.15) is 11.5 Å². The van der Waals surface area contributed by atoms with Crippen molar-refractivity contribution in [1.29, 1.82) is 0 Å². The van der Waals surface area contributed by atoms with Gasteiger partial charge in [0.15, 0.2) is 0 Å². The molecule has 0 fully saturated rings. The van der Waals surface area contributed by atoms with Crippen molar-refractivity contribution >= 4 is 39.4 Å². The van der Waals surface area contributed by atoms with Crippen LogP contribution in [0.5, 0.6) is 0 Å². The molecule has 2 rings (SSSR count). The van der Waals surface area contributed by atoms with Gasteiger partial charge in [-0.15, -0.1) is 11.8 Å². The molecule has 140 valence electrons. The smallest absolute Gasteiger partial charge is 0.338 e. The van der Waals surface area contributed by atoms with Gasteiger partial charge in [0.25, 0.3) is 10.0 Å². The first-order valence-electron chi connectivity index (χ1n) is 7.42. The Morgan fingerprint density at radius 2 is 1.85 bits per heavy atom. The second kappa shape index (κ2) is 8.88. The molecule has 0 spiro atoms. The predicted molar refractivity (Wildman–Crippen MR) is 101 cm³/mol. The van der Waals surface area contributed by atoms with Crippen LogP contribution in [0.2, 0.25) is 5.02 Å². The Morgan fingerprint density at radius 1 is 1.19 bits per heavy atom. The van der Waals surface area contributed by atoms with Crippen molar-refractivity contribution in [2.75, 3.05) is 20.4 Å². The number of esters is 1. The van der Waals surface area contributed by atoms with Crippen molar-refractivity contribution in [2.24, 2.45) is 0 Å². The fourth-order valence-corrected chi connectivity index (χ4v) is 3.90. The molecule has 0 aliphatic carbocycles. The molecule has 0 unspecified atom stereocenters. The van der Waals surface area contributed by atoms with Crippen LogP contribution in [0.3, 0.4) is 0 Å². The summed E-state index contributed by atoms with van der Waals surface area (Å²) in [5, 5.41) is -0.0156. The molecule has 0 saturated carbocycles. The Hall–Kier alpha value is -1.58. The van der Waals surface area contributed by atoms with Crippen molar-refractivity contribution in [3.05, 3.63) is 58.6 Å². The maximum absolute atomic E-state index is 12.4. The molecule has 2 aromatic rings. The number of hydrogen-bond acceptors (Lipinski definition) is 6. The molecule has 0 heterocycles. The number of ether oxygens (including phenoxy) is 1. The largest absolute Gasteiger partial charge is 0.457 e. The van der Waals surface area contributed by atoms with Crippen molar-refractivity contribution in [3.63, 3.8) is 0 Å². The number of hydroxylamine groups is 1. The van der Waals surface area contributed by atoms with Crippen LogP contribution in [0.4, 0.5) is 0 Å². The van der Waals surface area contributed by atoms with E-state index in [0.717, 1.165) is 10.5 Å². The highest BCUT2D eigenvalue weighted by atomic mass is 35.5. The van der Waals surface area contributed by atoms with Gasteiger partial charge in [-0.2, -0.15) is 0 Å². The van der Waals surface area contributed by atoms with Crippen LogP contribution in [0.25, 0.3) is 0 Å². The van der Waals surface area contributed by atoms with Crippen LogP contribution >= 0.6 is 23.4 Å². The van der Waals surface area contributed by atoms with E-state index in [-0.39, 0.29) is 22.1 Å². The minimum Gasteiger partial charge on any atom is -0.457 e. The first kappa shape index (κ1) is 20.7. The fourth-order valence-electron chi connectivity index (χ4n) is 2.02. The molecule has 0 aliphatic heterocycles. The maximum Gasteiger partial charge on any atom is 0.338 e. The molecule has 26 heavy (non-hydrogen) atoms. The van der Waals surface area contributed by atoms with Crippen LogP contribution in [0.15, 0.2) is 52.3 Å². The molecule has 0 radical (unpaired) electrons. The maximum atomic E-state index is 12.4. The monoisotopic (exact) mass is 415 g/mol. The SMILES string of the molecule is CON(C)S(=O)(=O)c1cc(C(=O)OCc2ccc(SC)cc2)ccc1Cl. The summed E-state index contributed by atoms with van der Waals surface area (Å²) in [6, 6.07) is 11.5. The lowest BCUT2D eigenvalue weighted by Crippen LogP contribution is -2.26. The van der Waals surface area contributed by atoms with E-state index in [1.54, 1.807) is 11.8 Å². The first-order valence-corrected chi connectivity index (χ1v) is 10.5. The number of hydrogen-bond donors (Lipinski definition) is 0. The van der Waals surface area contributed by atoms with Gasteiger partial charge in [0.2, 0.25) is 0 Å². The fraction of sp³-hybridized carbons (Fsp3) is 0.235. The highest BCUT2D eigenvalue weighted by Crippen LogP contribution is 2.26. The van der Waals surface area contributed by atoms with E-state index in [1.807, 2.05) is 30.5 Å². The van der Waals surface area contributed by atoms with E-state index < -0.39 is 16.0 Å². The number of carbonyl (C=O) groups is 1. The molecular formula is C17H18ClNO5S2. The molecule has 0 aliphatic rings. The number of rotatable bonds is 7. The van der Waals surface area contributed by atoms with Crippen molar-refractivity contribution < 1.29 is 22.8 Å². The predicted octanol–water partition coefficient (Wildman–Crippen LogP) is 3.60. The zero-order valence-electron chi connectivity index (χ0n) is 14.4. The van der Waals surface area contributed by atoms with E-state index in [0.29, 0.717) is 4.47 Å². The van der Waals surface area contributed by atoms with Crippen LogP contribution in [0.1, 0.15) is 15.9 Å². The number of benzene rings is 2. The third-order valence-electron chi connectivity index (χ3n) is 3.57. The average Bonchev–Trinajstić information content (AvgIpc) is 2.65. The first-order chi connectivity index (χ1) is 12.3. The van der Waals surface area contributed by atoms with Gasteiger partial charge < -0.3 is 4.74 Å².